The molecule has 28 heavy (non-hydrogen) atoms. The number of rotatable bonds is 5. The molecule has 0 aromatic carbocycles. The molecule has 4 aliphatic carbocycles. The molecule has 158 valence electrons. The zero-order valence-electron chi connectivity index (χ0n) is 19.2. The third kappa shape index (κ3) is 3.34. The standard InChI is InChI=1S/C27H44O/c1-18(2)7-6-8-19(3)23-11-12-24-22-10-9-20-17-21(28)13-15-26(20,4)25(22)14-16-27(23,24)5/h17-19,21,23,25,28H,6-16H2,1-5H3/t19-,21-,23-,25+,26+,27-/m1/s1. The van der Waals surface area contributed by atoms with Gasteiger partial charge in [0.05, 0.1) is 6.10 Å². The van der Waals surface area contributed by atoms with Gasteiger partial charge in [0.1, 0.15) is 0 Å². The number of hydrogen-bond donors (Lipinski definition) is 1. The number of allylic oxidation sites excluding steroid dienone is 3. The van der Waals surface area contributed by atoms with Crippen molar-refractivity contribution in [3.05, 3.63) is 22.8 Å². The third-order valence-electron chi connectivity index (χ3n) is 9.62. The van der Waals surface area contributed by atoms with Crippen molar-refractivity contribution in [2.75, 3.05) is 0 Å². The molecule has 0 aromatic rings. The highest BCUT2D eigenvalue weighted by atomic mass is 16.3. The number of aliphatic hydroxyl groups is 1. The van der Waals surface area contributed by atoms with Gasteiger partial charge < -0.3 is 5.11 Å². The summed E-state index contributed by atoms with van der Waals surface area (Å²) < 4.78 is 0. The average molecular weight is 385 g/mol. The molecule has 0 aromatic heterocycles. The first-order valence-electron chi connectivity index (χ1n) is 12.4. The number of hydrogen-bond acceptors (Lipinski definition) is 1. The lowest BCUT2D eigenvalue weighted by molar-refractivity contribution is 0.0925. The van der Waals surface area contributed by atoms with E-state index >= 15 is 0 Å². The number of fused-ring (bicyclic) bond motifs is 4. The average Bonchev–Trinajstić information content (AvgIpc) is 2.99. The summed E-state index contributed by atoms with van der Waals surface area (Å²) in [6.45, 7) is 12.4. The maximum atomic E-state index is 10.2. The Morgan fingerprint density at radius 1 is 0.964 bits per heavy atom. The fourth-order valence-electron chi connectivity index (χ4n) is 7.96. The van der Waals surface area contributed by atoms with E-state index in [0.717, 1.165) is 30.1 Å². The Balaban J connectivity index is 1.56. The molecule has 1 nitrogen and oxygen atoms in total. The first kappa shape index (κ1) is 20.7. The second kappa shape index (κ2) is 7.60. The normalized spacial score (nSPS) is 41.4. The smallest absolute Gasteiger partial charge is 0.0724 e. The Morgan fingerprint density at radius 3 is 2.46 bits per heavy atom. The largest absolute Gasteiger partial charge is 0.389 e. The summed E-state index contributed by atoms with van der Waals surface area (Å²) in [7, 11) is 0. The van der Waals surface area contributed by atoms with Gasteiger partial charge in [-0.3, -0.25) is 0 Å². The monoisotopic (exact) mass is 384 g/mol. The van der Waals surface area contributed by atoms with Crippen LogP contribution in [-0.2, 0) is 0 Å². The van der Waals surface area contributed by atoms with Crippen molar-refractivity contribution in [1.29, 1.82) is 0 Å². The van der Waals surface area contributed by atoms with Crippen molar-refractivity contribution in [1.82, 2.24) is 0 Å². The van der Waals surface area contributed by atoms with Crippen LogP contribution in [0.4, 0.5) is 0 Å². The molecular weight excluding hydrogens is 340 g/mol. The van der Waals surface area contributed by atoms with Crippen LogP contribution >= 0.6 is 0 Å². The second-order valence-corrected chi connectivity index (χ2v) is 11.7. The van der Waals surface area contributed by atoms with Crippen LogP contribution in [-0.4, -0.2) is 11.2 Å². The summed E-state index contributed by atoms with van der Waals surface area (Å²) in [5.74, 6) is 3.38. The van der Waals surface area contributed by atoms with Crippen LogP contribution in [0.25, 0.3) is 0 Å². The zero-order chi connectivity index (χ0) is 20.1. The minimum absolute atomic E-state index is 0.186. The Hall–Kier alpha value is -0.560. The van der Waals surface area contributed by atoms with Crippen molar-refractivity contribution in [2.45, 2.75) is 111 Å². The summed E-state index contributed by atoms with van der Waals surface area (Å²) in [6.07, 6.45) is 16.5. The topological polar surface area (TPSA) is 20.2 Å². The molecule has 1 N–H and O–H groups in total. The van der Waals surface area contributed by atoms with Crippen LogP contribution in [0, 0.1) is 34.5 Å². The molecule has 2 fully saturated rings. The van der Waals surface area contributed by atoms with Gasteiger partial charge in [0.25, 0.3) is 0 Å². The van der Waals surface area contributed by atoms with E-state index in [-0.39, 0.29) is 6.10 Å². The van der Waals surface area contributed by atoms with E-state index in [1.807, 2.05) is 11.1 Å². The van der Waals surface area contributed by atoms with Crippen molar-refractivity contribution in [3.63, 3.8) is 0 Å². The van der Waals surface area contributed by atoms with E-state index in [9.17, 15) is 5.11 Å². The van der Waals surface area contributed by atoms with Gasteiger partial charge >= 0.3 is 0 Å². The van der Waals surface area contributed by atoms with Crippen molar-refractivity contribution in [2.24, 2.45) is 34.5 Å². The van der Waals surface area contributed by atoms with E-state index in [0.29, 0.717) is 10.8 Å². The highest BCUT2D eigenvalue weighted by Crippen LogP contribution is 2.65. The maximum absolute atomic E-state index is 10.2. The zero-order valence-corrected chi connectivity index (χ0v) is 19.2. The molecule has 6 atom stereocenters. The number of aliphatic hydroxyl groups excluding tert-OH is 1. The van der Waals surface area contributed by atoms with Crippen LogP contribution in [0.2, 0.25) is 0 Å². The molecule has 4 rings (SSSR count). The van der Waals surface area contributed by atoms with E-state index in [1.54, 1.807) is 5.57 Å². The lowest BCUT2D eigenvalue weighted by atomic mass is 9.51. The van der Waals surface area contributed by atoms with Gasteiger partial charge in [0, 0.05) is 0 Å². The summed E-state index contributed by atoms with van der Waals surface area (Å²) in [5, 5.41) is 10.2. The lowest BCUT2D eigenvalue weighted by Crippen LogP contribution is -2.43. The van der Waals surface area contributed by atoms with E-state index in [4.69, 9.17) is 0 Å². The Kier molecular flexibility index (Phi) is 5.62. The maximum Gasteiger partial charge on any atom is 0.0724 e. The molecule has 2 saturated carbocycles. The summed E-state index contributed by atoms with van der Waals surface area (Å²) in [6, 6.07) is 0. The first-order chi connectivity index (χ1) is 13.3. The van der Waals surface area contributed by atoms with E-state index in [2.05, 4.69) is 40.7 Å². The predicted octanol–water partition coefficient (Wildman–Crippen LogP) is 7.45. The fraction of sp³-hybridized carbons (Fsp3) is 0.852. The molecule has 0 saturated heterocycles. The van der Waals surface area contributed by atoms with Gasteiger partial charge in [-0.1, -0.05) is 76.7 Å². The molecule has 1 heteroatoms. The van der Waals surface area contributed by atoms with Crippen LogP contribution in [0.3, 0.4) is 0 Å². The van der Waals surface area contributed by atoms with E-state index < -0.39 is 0 Å². The van der Waals surface area contributed by atoms with Gasteiger partial charge in [-0.15, -0.1) is 0 Å². The van der Waals surface area contributed by atoms with Crippen LogP contribution in [0.5, 0.6) is 0 Å². The summed E-state index contributed by atoms with van der Waals surface area (Å²) in [4.78, 5) is 0. The fourth-order valence-corrected chi connectivity index (χ4v) is 7.96. The quantitative estimate of drug-likeness (QED) is 0.488. The highest BCUT2D eigenvalue weighted by molar-refractivity contribution is 5.39. The first-order valence-corrected chi connectivity index (χ1v) is 12.4. The van der Waals surface area contributed by atoms with E-state index in [1.165, 1.54) is 64.2 Å². The molecule has 0 heterocycles. The van der Waals surface area contributed by atoms with Crippen LogP contribution in [0.15, 0.2) is 22.8 Å². The Morgan fingerprint density at radius 2 is 1.71 bits per heavy atom. The predicted molar refractivity (Wildman–Crippen MR) is 119 cm³/mol. The Bertz CT molecular complexity index is 655. The van der Waals surface area contributed by atoms with Crippen molar-refractivity contribution >= 4 is 0 Å². The summed E-state index contributed by atoms with van der Waals surface area (Å²) in [5.41, 5.74) is 6.18. The molecule has 0 aliphatic heterocycles. The van der Waals surface area contributed by atoms with Gasteiger partial charge in [-0.05, 0) is 85.9 Å². The van der Waals surface area contributed by atoms with Crippen molar-refractivity contribution in [3.8, 4) is 0 Å². The molecule has 0 unspecified atom stereocenters. The van der Waals surface area contributed by atoms with Crippen LogP contribution < -0.4 is 0 Å². The summed E-state index contributed by atoms with van der Waals surface area (Å²) >= 11 is 0. The minimum atomic E-state index is -0.186. The molecule has 0 bridgehead atoms. The third-order valence-corrected chi connectivity index (χ3v) is 9.62. The van der Waals surface area contributed by atoms with Crippen LogP contribution in [0.1, 0.15) is 105 Å². The molecule has 0 radical (unpaired) electrons. The minimum Gasteiger partial charge on any atom is -0.389 e. The molecule has 0 spiro atoms. The lowest BCUT2D eigenvalue weighted by Gasteiger charge is -2.53. The Labute approximate surface area is 174 Å². The van der Waals surface area contributed by atoms with Gasteiger partial charge in [0.15, 0.2) is 0 Å². The molecule has 4 aliphatic rings. The van der Waals surface area contributed by atoms with Gasteiger partial charge in [-0.25, -0.2) is 0 Å². The second-order valence-electron chi connectivity index (χ2n) is 11.7. The van der Waals surface area contributed by atoms with Gasteiger partial charge in [0.2, 0.25) is 0 Å². The SMILES string of the molecule is CC(C)CCC[C@@H](C)[C@H]1CCC2=C3CCC4=C[C@H](O)CC[C@]4(C)[C@H]3CC[C@@]21C. The highest BCUT2D eigenvalue weighted by Gasteiger charge is 2.53. The molecule has 0 amide bonds. The van der Waals surface area contributed by atoms with Gasteiger partial charge in [-0.2, -0.15) is 0 Å². The molecular formula is C27H44O. The van der Waals surface area contributed by atoms with Crippen molar-refractivity contribution < 1.29 is 5.11 Å².